The van der Waals surface area contributed by atoms with E-state index in [9.17, 15) is 18.4 Å². The molecule has 2 amide bonds. The molecular formula is C34H31F2N5O2. The summed E-state index contributed by atoms with van der Waals surface area (Å²) >= 11 is 0. The van der Waals surface area contributed by atoms with Gasteiger partial charge in [0.15, 0.2) is 0 Å². The van der Waals surface area contributed by atoms with Crippen LogP contribution in [0.3, 0.4) is 0 Å². The Kier molecular flexibility index (Phi) is 5.92. The fraction of sp³-hybridized carbons (Fsp3) is 0.353. The van der Waals surface area contributed by atoms with E-state index in [0.717, 1.165) is 65.0 Å². The number of fused-ring (bicyclic) bond motifs is 4. The molecule has 1 saturated carbocycles. The molecule has 7 nitrogen and oxygen atoms in total. The van der Waals surface area contributed by atoms with Crippen LogP contribution in [0.5, 0.6) is 0 Å². The van der Waals surface area contributed by atoms with Crippen LogP contribution in [0.1, 0.15) is 66.1 Å². The topological polar surface area (TPSA) is 87.2 Å². The van der Waals surface area contributed by atoms with Gasteiger partial charge in [-0.25, -0.2) is 13.8 Å². The second kappa shape index (κ2) is 9.64. The van der Waals surface area contributed by atoms with Crippen LogP contribution >= 0.6 is 0 Å². The highest BCUT2D eigenvalue weighted by Crippen LogP contribution is 2.46. The molecule has 43 heavy (non-hydrogen) atoms. The van der Waals surface area contributed by atoms with E-state index >= 15 is 0 Å². The number of carbonyl (C=O) groups is 2. The molecule has 4 heterocycles. The van der Waals surface area contributed by atoms with Crippen LogP contribution in [0.15, 0.2) is 60.8 Å². The van der Waals surface area contributed by atoms with Gasteiger partial charge < -0.3 is 15.5 Å². The Morgan fingerprint density at radius 1 is 0.977 bits per heavy atom. The first kappa shape index (κ1) is 26.4. The summed E-state index contributed by atoms with van der Waals surface area (Å²) in [5.74, 6) is -0.721. The average Bonchev–Trinajstić information content (AvgIpc) is 3.66. The fourth-order valence-electron chi connectivity index (χ4n) is 7.94. The SMILES string of the molecule is O=C1N(Cc2ccc3nc4c(cc3c2)C[C@@]2(C4)C(=O)Nc3ncccc32)[C@H](c2cc(F)cc(F)c2)CCNC12CCCC2. The molecule has 0 unspecified atom stereocenters. The van der Waals surface area contributed by atoms with Crippen molar-refractivity contribution in [1.82, 2.24) is 20.2 Å². The van der Waals surface area contributed by atoms with Gasteiger partial charge >= 0.3 is 0 Å². The molecular weight excluding hydrogens is 548 g/mol. The largest absolute Gasteiger partial charge is 0.330 e. The average molecular weight is 580 g/mol. The molecule has 2 aliphatic heterocycles. The normalized spacial score (nSPS) is 24.0. The Balaban J connectivity index is 1.15. The number of hydrogen-bond acceptors (Lipinski definition) is 5. The molecule has 2 spiro atoms. The first-order chi connectivity index (χ1) is 20.8. The summed E-state index contributed by atoms with van der Waals surface area (Å²) in [5, 5.41) is 7.40. The molecule has 2 aromatic carbocycles. The molecule has 0 bridgehead atoms. The van der Waals surface area contributed by atoms with Gasteiger partial charge in [-0.05, 0) is 85.3 Å². The second-order valence-corrected chi connectivity index (χ2v) is 12.6. The zero-order chi connectivity index (χ0) is 29.3. The van der Waals surface area contributed by atoms with Crippen molar-refractivity contribution in [2.75, 3.05) is 11.9 Å². The Hall–Kier alpha value is -4.24. The molecule has 218 valence electrons. The Bertz CT molecular complexity index is 1800. The predicted octanol–water partition coefficient (Wildman–Crippen LogP) is 5.27. The van der Waals surface area contributed by atoms with Crippen LogP contribution < -0.4 is 10.6 Å². The molecule has 0 radical (unpaired) electrons. The molecule has 4 aromatic rings. The zero-order valence-electron chi connectivity index (χ0n) is 23.6. The number of anilines is 1. The summed E-state index contributed by atoms with van der Waals surface area (Å²) in [6.07, 6.45) is 6.77. The number of hydrogen-bond donors (Lipinski definition) is 2. The van der Waals surface area contributed by atoms with Gasteiger partial charge in [0.1, 0.15) is 17.5 Å². The first-order valence-electron chi connectivity index (χ1n) is 15.0. The highest BCUT2D eigenvalue weighted by atomic mass is 19.1. The number of nitrogens with one attached hydrogen (secondary N) is 2. The van der Waals surface area contributed by atoms with Crippen molar-refractivity contribution in [3.8, 4) is 0 Å². The van der Waals surface area contributed by atoms with Gasteiger partial charge in [0.05, 0.1) is 22.5 Å². The van der Waals surface area contributed by atoms with Gasteiger partial charge in [0, 0.05) is 41.9 Å². The maximum atomic E-state index is 14.3. The number of halogens is 2. The number of rotatable bonds is 3. The van der Waals surface area contributed by atoms with Crippen molar-refractivity contribution in [3.63, 3.8) is 0 Å². The number of pyridine rings is 2. The van der Waals surface area contributed by atoms with E-state index in [0.29, 0.717) is 43.7 Å². The highest BCUT2D eigenvalue weighted by molar-refractivity contribution is 6.06. The summed E-state index contributed by atoms with van der Waals surface area (Å²) in [6, 6.07) is 15.0. The highest BCUT2D eigenvalue weighted by Gasteiger charge is 2.52. The van der Waals surface area contributed by atoms with Gasteiger partial charge in [-0.15, -0.1) is 0 Å². The van der Waals surface area contributed by atoms with Crippen molar-refractivity contribution in [2.45, 2.75) is 68.5 Å². The summed E-state index contributed by atoms with van der Waals surface area (Å²) in [5.41, 5.74) is 3.73. The van der Waals surface area contributed by atoms with Crippen LogP contribution in [0.2, 0.25) is 0 Å². The molecule has 2 atom stereocenters. The molecule has 2 aromatic heterocycles. The lowest BCUT2D eigenvalue weighted by atomic mass is 9.80. The van der Waals surface area contributed by atoms with Gasteiger partial charge in [-0.3, -0.25) is 14.6 Å². The van der Waals surface area contributed by atoms with E-state index < -0.39 is 28.6 Å². The molecule has 2 fully saturated rings. The van der Waals surface area contributed by atoms with Crippen molar-refractivity contribution in [3.05, 3.63) is 100 Å². The molecule has 1 saturated heterocycles. The number of aromatic nitrogens is 2. The summed E-state index contributed by atoms with van der Waals surface area (Å²) in [4.78, 5) is 38.6. The number of carbonyl (C=O) groups excluding carboxylic acids is 2. The van der Waals surface area contributed by atoms with Gasteiger partial charge in [0.25, 0.3) is 0 Å². The minimum atomic E-state index is -0.701. The molecule has 8 rings (SSSR count). The van der Waals surface area contributed by atoms with E-state index in [1.807, 2.05) is 35.2 Å². The Labute approximate surface area is 247 Å². The minimum absolute atomic E-state index is 0.00851. The second-order valence-electron chi connectivity index (χ2n) is 12.6. The van der Waals surface area contributed by atoms with Crippen molar-refractivity contribution in [2.24, 2.45) is 0 Å². The van der Waals surface area contributed by atoms with E-state index in [1.54, 1.807) is 6.20 Å². The smallest absolute Gasteiger partial charge is 0.243 e. The quantitative estimate of drug-likeness (QED) is 0.345. The summed E-state index contributed by atoms with van der Waals surface area (Å²) in [7, 11) is 0. The first-order valence-corrected chi connectivity index (χ1v) is 15.0. The van der Waals surface area contributed by atoms with E-state index in [2.05, 4.69) is 21.7 Å². The summed E-state index contributed by atoms with van der Waals surface area (Å²) in [6.45, 7) is 0.899. The maximum absolute atomic E-state index is 14.3. The van der Waals surface area contributed by atoms with E-state index in [-0.39, 0.29) is 11.8 Å². The number of amides is 2. The van der Waals surface area contributed by atoms with Crippen LogP contribution in [-0.4, -0.2) is 38.8 Å². The van der Waals surface area contributed by atoms with Crippen molar-refractivity contribution in [1.29, 1.82) is 0 Å². The standard InChI is InChI=1S/C34H31F2N5O2/c35-24-14-22(15-25(36)16-24)29-7-11-38-34(8-1-2-9-34)32(43)41(29)19-20-5-6-27-21(12-20)13-23-17-33(18-28(23)39-27)26-4-3-10-37-30(26)40-31(33)42/h3-6,10,12-16,29,38H,1-2,7-9,11,17-19H2,(H,37,40,42)/t29-,33-/m0/s1. The fourth-order valence-corrected chi connectivity index (χ4v) is 7.94. The third kappa shape index (κ3) is 4.16. The van der Waals surface area contributed by atoms with Gasteiger partial charge in [-0.1, -0.05) is 25.0 Å². The van der Waals surface area contributed by atoms with Crippen molar-refractivity contribution >= 4 is 28.5 Å². The monoisotopic (exact) mass is 579 g/mol. The molecule has 2 N–H and O–H groups in total. The predicted molar refractivity (Wildman–Crippen MR) is 157 cm³/mol. The number of nitrogens with zero attached hydrogens (tertiary/aromatic N) is 3. The van der Waals surface area contributed by atoms with Crippen LogP contribution in [-0.2, 0) is 34.4 Å². The molecule has 4 aliphatic rings. The maximum Gasteiger partial charge on any atom is 0.243 e. The van der Waals surface area contributed by atoms with Crippen LogP contribution in [0, 0.1) is 11.6 Å². The minimum Gasteiger partial charge on any atom is -0.330 e. The molecule has 2 aliphatic carbocycles. The van der Waals surface area contributed by atoms with Gasteiger partial charge in [0.2, 0.25) is 11.8 Å². The Morgan fingerprint density at radius 2 is 1.79 bits per heavy atom. The van der Waals surface area contributed by atoms with Crippen LogP contribution in [0.4, 0.5) is 14.6 Å². The lowest BCUT2D eigenvalue weighted by Gasteiger charge is -2.36. The lowest BCUT2D eigenvalue weighted by Crippen LogP contribution is -2.54. The zero-order valence-corrected chi connectivity index (χ0v) is 23.6. The van der Waals surface area contributed by atoms with E-state index in [1.165, 1.54) is 12.1 Å². The molecule has 9 heteroatoms. The van der Waals surface area contributed by atoms with Crippen molar-refractivity contribution < 1.29 is 18.4 Å². The lowest BCUT2D eigenvalue weighted by molar-refractivity contribution is -0.140. The summed E-state index contributed by atoms with van der Waals surface area (Å²) < 4.78 is 28.7. The number of benzene rings is 2. The van der Waals surface area contributed by atoms with E-state index in [4.69, 9.17) is 4.98 Å². The van der Waals surface area contributed by atoms with Gasteiger partial charge in [-0.2, -0.15) is 0 Å². The Morgan fingerprint density at radius 3 is 2.60 bits per heavy atom. The third-order valence-corrected chi connectivity index (χ3v) is 10.0. The third-order valence-electron chi connectivity index (χ3n) is 10.0. The van der Waals surface area contributed by atoms with Crippen LogP contribution in [0.25, 0.3) is 10.9 Å².